The summed E-state index contributed by atoms with van der Waals surface area (Å²) in [6, 6.07) is 0. The fraction of sp³-hybridized carbons (Fsp3) is 0.925. The van der Waals surface area contributed by atoms with Crippen molar-refractivity contribution in [3.8, 4) is 0 Å². The third kappa shape index (κ3) is 45.1. The van der Waals surface area contributed by atoms with Crippen molar-refractivity contribution < 1.29 is 69.2 Å². The van der Waals surface area contributed by atoms with Crippen LogP contribution in [0.5, 0.6) is 0 Å². The molecule has 0 atom stereocenters. The van der Waals surface area contributed by atoms with Crippen molar-refractivity contribution in [2.45, 2.75) is 240 Å². The molecule has 0 fully saturated rings. The first-order valence-electron chi connectivity index (χ1n) is 19.3. The van der Waals surface area contributed by atoms with Crippen molar-refractivity contribution >= 4 is 54.3 Å². The monoisotopic (exact) mass is 1210 g/mol. The van der Waals surface area contributed by atoms with Gasteiger partial charge < -0.3 is 28.8 Å². The molecule has 0 aromatic heterocycles. The molecule has 6 N–H and O–H groups in total. The number of rotatable bonds is 1. The zero-order valence-electron chi connectivity index (χ0n) is 42.2. The van der Waals surface area contributed by atoms with E-state index in [1.807, 2.05) is 97.6 Å². The Labute approximate surface area is 373 Å². The Morgan fingerprint density at radius 1 is 0.315 bits per heavy atom. The Morgan fingerprint density at radius 2 is 0.389 bits per heavy atom. The van der Waals surface area contributed by atoms with E-state index in [0.29, 0.717) is 0 Å². The van der Waals surface area contributed by atoms with Crippen LogP contribution in [0.25, 0.3) is 0 Å². The summed E-state index contributed by atoms with van der Waals surface area (Å²) in [6.45, 7) is 63.1. The van der Waals surface area contributed by atoms with Crippen LogP contribution in [0.2, 0.25) is 109 Å². The molecule has 6 nitrogen and oxygen atoms in total. The van der Waals surface area contributed by atoms with Crippen LogP contribution in [0.1, 0.15) is 132 Å². The minimum Gasteiger partial charge on any atom is -0.432 e. The van der Waals surface area contributed by atoms with Gasteiger partial charge >= 0.3 is 42.8 Å². The van der Waals surface area contributed by atoms with Gasteiger partial charge in [0.05, 0.1) is 0 Å². The molecule has 0 bridgehead atoms. The molecule has 0 saturated carbocycles. The van der Waals surface area contributed by atoms with Crippen LogP contribution < -0.4 is 0 Å². The smallest absolute Gasteiger partial charge is 0.187 e. The first kappa shape index (κ1) is 73.6. The van der Waals surface area contributed by atoms with Gasteiger partial charge in [-0.1, -0.05) is 125 Å². The summed E-state index contributed by atoms with van der Waals surface area (Å²) in [5, 5.41) is 0.792. The van der Waals surface area contributed by atoms with Crippen LogP contribution in [0.15, 0.2) is 12.2 Å². The van der Waals surface area contributed by atoms with E-state index in [2.05, 4.69) is 129 Å². The average Bonchev–Trinajstić information content (AvgIpc) is 2.74. The SMILES string of the molecule is C/C=C/[CH]=[W].CC(C)(C)[Si](C)(C)O.CC(C)(C)[Si](C)(C)O.CC(C)(C)[Si](C)(C)O.CC(C)(C)[Si](C)(C)O.CC(C)(C)[Si](C)(C)O.CC(C)(C)[Si](C)(C)O.[W]. The van der Waals surface area contributed by atoms with Crippen molar-refractivity contribution in [3.05, 3.63) is 12.2 Å². The molecule has 0 aliphatic rings. The fourth-order valence-corrected chi connectivity index (χ4v) is 0.643. The first-order chi connectivity index (χ1) is 21.9. The van der Waals surface area contributed by atoms with Crippen molar-refractivity contribution in [2.24, 2.45) is 0 Å². The Bertz CT molecular complexity index is 698. The van der Waals surface area contributed by atoms with E-state index in [-0.39, 0.29) is 51.3 Å². The summed E-state index contributed by atoms with van der Waals surface area (Å²) < 4.78 is 2.08. The van der Waals surface area contributed by atoms with Gasteiger partial charge in [-0.25, -0.2) is 0 Å². The number of hydrogen-bond donors (Lipinski definition) is 6. The van der Waals surface area contributed by atoms with Gasteiger partial charge in [0.25, 0.3) is 0 Å². The second kappa shape index (κ2) is 27.1. The van der Waals surface area contributed by atoms with Crippen molar-refractivity contribution in [1.29, 1.82) is 0 Å². The summed E-state index contributed by atoms with van der Waals surface area (Å²) in [6.07, 6.45) is 4.06. The summed E-state index contributed by atoms with van der Waals surface area (Å²) in [7, 11) is -11.2. The Kier molecular flexibility index (Phi) is 36.9. The third-order valence-corrected chi connectivity index (χ3v) is 33.9. The molecule has 0 rings (SSSR count). The molecular formula is C40H102O6Si6W2. The Hall–Kier alpha value is 2.05. The maximum Gasteiger partial charge on any atom is 0.187 e. The largest absolute Gasteiger partial charge is 0.432 e. The summed E-state index contributed by atoms with van der Waals surface area (Å²) in [5.74, 6) is 0. The van der Waals surface area contributed by atoms with Crippen molar-refractivity contribution in [2.75, 3.05) is 0 Å². The van der Waals surface area contributed by atoms with Gasteiger partial charge in [0.1, 0.15) is 0 Å². The molecular weight excluding hydrogens is 1110 g/mol. The van der Waals surface area contributed by atoms with Gasteiger partial charge in [-0.2, -0.15) is 0 Å². The molecule has 0 aliphatic heterocycles. The molecule has 14 heteroatoms. The van der Waals surface area contributed by atoms with Gasteiger partial charge in [-0.15, -0.1) is 0 Å². The third-order valence-electron chi connectivity index (χ3n) is 11.3. The predicted octanol–water partition coefficient (Wildman–Crippen LogP) is 12.8. The molecule has 0 aliphatic carbocycles. The number of hydrogen-bond acceptors (Lipinski definition) is 6. The van der Waals surface area contributed by atoms with Crippen LogP contribution in [0, 0.1) is 0 Å². The van der Waals surface area contributed by atoms with Crippen LogP contribution in [0.3, 0.4) is 0 Å². The van der Waals surface area contributed by atoms with E-state index in [1.165, 1.54) is 19.4 Å². The molecule has 0 radical (unpaired) electrons. The zero-order valence-corrected chi connectivity index (χ0v) is 54.1. The molecule has 0 aromatic rings. The van der Waals surface area contributed by atoms with Gasteiger partial charge in [0.15, 0.2) is 49.9 Å². The van der Waals surface area contributed by atoms with E-state index >= 15 is 0 Å². The summed E-state index contributed by atoms with van der Waals surface area (Å²) in [4.78, 5) is 57.0. The maximum absolute atomic E-state index is 9.49. The molecule has 0 heterocycles. The van der Waals surface area contributed by atoms with Crippen LogP contribution in [0.4, 0.5) is 0 Å². The van der Waals surface area contributed by atoms with Gasteiger partial charge in [0, 0.05) is 21.1 Å². The van der Waals surface area contributed by atoms with Gasteiger partial charge in [-0.05, 0) is 109 Å². The van der Waals surface area contributed by atoms with Crippen LogP contribution in [-0.4, -0.2) is 83.1 Å². The van der Waals surface area contributed by atoms with E-state index < -0.39 is 49.9 Å². The molecule has 0 aromatic carbocycles. The minimum absolute atomic E-state index is 0. The van der Waals surface area contributed by atoms with Crippen molar-refractivity contribution in [3.63, 3.8) is 0 Å². The Morgan fingerprint density at radius 3 is 0.389 bits per heavy atom. The molecule has 0 saturated heterocycles. The van der Waals surface area contributed by atoms with E-state index in [9.17, 15) is 28.8 Å². The normalized spacial score (nSPS) is 13.5. The summed E-state index contributed by atoms with van der Waals surface area (Å²) >= 11 is 1.51. The average molecular weight is 1220 g/mol. The fourth-order valence-electron chi connectivity index (χ4n) is 0.0786. The zero-order chi connectivity index (χ0) is 46.1. The van der Waals surface area contributed by atoms with Gasteiger partial charge in [0.2, 0.25) is 0 Å². The minimum atomic E-state index is -1.86. The molecule has 0 unspecified atom stereocenters. The van der Waals surface area contributed by atoms with Gasteiger partial charge in [-0.3, -0.25) is 0 Å². The Balaban J connectivity index is -0.0000000763. The standard InChI is InChI=1S/6C6H16OSi.C4H6.2W/c6*1-6(2,3)8(4,5)7;1-3-4-2;;/h6*7H,1-5H3;1,3-4H,2H3;;/b;;;;;;4-3+;;. The van der Waals surface area contributed by atoms with E-state index in [0.717, 1.165) is 0 Å². The van der Waals surface area contributed by atoms with Crippen molar-refractivity contribution in [1.82, 2.24) is 0 Å². The van der Waals surface area contributed by atoms with E-state index in [4.69, 9.17) is 0 Å². The molecule has 54 heavy (non-hydrogen) atoms. The predicted molar refractivity (Wildman–Crippen MR) is 257 cm³/mol. The maximum atomic E-state index is 9.49. The second-order valence-corrected chi connectivity index (χ2v) is 52.2. The van der Waals surface area contributed by atoms with Crippen LogP contribution in [-0.2, 0) is 40.4 Å². The quantitative estimate of drug-likeness (QED) is 0.146. The molecule has 0 amide bonds. The topological polar surface area (TPSA) is 121 Å². The second-order valence-electron chi connectivity index (χ2n) is 23.5. The molecule has 334 valence electrons. The van der Waals surface area contributed by atoms with Crippen LogP contribution >= 0.6 is 0 Å². The molecule has 0 spiro atoms. The summed E-state index contributed by atoms with van der Waals surface area (Å²) in [5.41, 5.74) is 0. The first-order valence-corrected chi connectivity index (χ1v) is 38.7. The van der Waals surface area contributed by atoms with E-state index in [1.54, 1.807) is 0 Å². The number of allylic oxidation sites excluding steroid dienone is 2.